The SMILES string of the molecule is CC(C)CC1NC2(CCN(C(=O)C3=COC(Cc4ccccc4)O3)CC2)N(Cc2c(Cl)cccc2Cl)C1=O. The largest absolute Gasteiger partial charge is 0.458 e. The van der Waals surface area contributed by atoms with E-state index in [-0.39, 0.29) is 23.6 Å². The average molecular weight is 559 g/mol. The van der Waals surface area contributed by atoms with E-state index >= 15 is 0 Å². The van der Waals surface area contributed by atoms with Crippen LogP contribution in [0, 0.1) is 5.92 Å². The topological polar surface area (TPSA) is 71.1 Å². The maximum atomic E-state index is 13.6. The van der Waals surface area contributed by atoms with E-state index in [9.17, 15) is 9.59 Å². The first-order chi connectivity index (χ1) is 18.3. The van der Waals surface area contributed by atoms with Crippen molar-refractivity contribution in [2.45, 2.75) is 64.1 Å². The van der Waals surface area contributed by atoms with Gasteiger partial charge in [-0.1, -0.05) is 73.4 Å². The first-order valence-electron chi connectivity index (χ1n) is 13.1. The van der Waals surface area contributed by atoms with Crippen LogP contribution in [0.3, 0.4) is 0 Å². The van der Waals surface area contributed by atoms with E-state index in [0.29, 0.717) is 54.9 Å². The van der Waals surface area contributed by atoms with Crippen LogP contribution in [-0.4, -0.2) is 52.7 Å². The third kappa shape index (κ3) is 5.51. The molecule has 0 radical (unpaired) electrons. The second kappa shape index (κ2) is 11.2. The smallest absolute Gasteiger partial charge is 0.292 e. The summed E-state index contributed by atoms with van der Waals surface area (Å²) in [6.45, 7) is 5.49. The summed E-state index contributed by atoms with van der Waals surface area (Å²) in [5.41, 5.74) is 1.24. The molecule has 1 N–H and O–H groups in total. The van der Waals surface area contributed by atoms with Gasteiger partial charge in [0, 0.05) is 48.0 Å². The van der Waals surface area contributed by atoms with Crippen LogP contribution in [0.25, 0.3) is 0 Å². The van der Waals surface area contributed by atoms with Gasteiger partial charge in [-0.15, -0.1) is 0 Å². The number of hydrogen-bond donors (Lipinski definition) is 1. The lowest BCUT2D eigenvalue weighted by Gasteiger charge is -2.44. The number of hydrogen-bond acceptors (Lipinski definition) is 5. The van der Waals surface area contributed by atoms with Crippen LogP contribution >= 0.6 is 23.2 Å². The zero-order valence-electron chi connectivity index (χ0n) is 21.7. The number of carbonyl (C=O) groups excluding carboxylic acids is 2. The van der Waals surface area contributed by atoms with Crippen molar-refractivity contribution in [3.63, 3.8) is 0 Å². The number of nitrogens with one attached hydrogen (secondary N) is 1. The predicted molar refractivity (Wildman–Crippen MR) is 146 cm³/mol. The number of benzene rings is 2. The van der Waals surface area contributed by atoms with Crippen molar-refractivity contribution in [3.05, 3.63) is 81.7 Å². The van der Waals surface area contributed by atoms with E-state index in [1.807, 2.05) is 35.2 Å². The third-order valence-electron chi connectivity index (χ3n) is 7.53. The van der Waals surface area contributed by atoms with Crippen molar-refractivity contribution < 1.29 is 19.1 Å². The van der Waals surface area contributed by atoms with E-state index < -0.39 is 12.0 Å². The number of nitrogens with zero attached hydrogens (tertiary/aromatic N) is 2. The molecule has 7 nitrogen and oxygen atoms in total. The summed E-state index contributed by atoms with van der Waals surface area (Å²) in [6, 6.07) is 15.0. The summed E-state index contributed by atoms with van der Waals surface area (Å²) in [5.74, 6) is 0.427. The Labute approximate surface area is 233 Å². The first kappa shape index (κ1) is 26.9. The maximum absolute atomic E-state index is 13.6. The molecule has 2 saturated heterocycles. The van der Waals surface area contributed by atoms with Gasteiger partial charge in [0.05, 0.1) is 18.2 Å². The van der Waals surface area contributed by atoms with Gasteiger partial charge in [-0.05, 0) is 30.0 Å². The highest BCUT2D eigenvalue weighted by Gasteiger charge is 2.52. The molecule has 3 heterocycles. The third-order valence-corrected chi connectivity index (χ3v) is 8.24. The van der Waals surface area contributed by atoms with Gasteiger partial charge in [-0.3, -0.25) is 14.9 Å². The lowest BCUT2D eigenvalue weighted by atomic mass is 9.95. The Kier molecular flexibility index (Phi) is 7.89. The first-order valence-corrected chi connectivity index (χ1v) is 13.9. The van der Waals surface area contributed by atoms with Crippen LogP contribution in [0.5, 0.6) is 0 Å². The molecule has 2 fully saturated rings. The Hall–Kier alpha value is -2.74. The fourth-order valence-corrected chi connectivity index (χ4v) is 6.06. The van der Waals surface area contributed by atoms with Gasteiger partial charge in [-0.2, -0.15) is 0 Å². The van der Waals surface area contributed by atoms with Crippen LogP contribution in [0.4, 0.5) is 0 Å². The molecule has 3 aliphatic heterocycles. The van der Waals surface area contributed by atoms with Crippen LogP contribution in [0.15, 0.2) is 60.6 Å². The van der Waals surface area contributed by atoms with Crippen LogP contribution in [-0.2, 0) is 32.0 Å². The monoisotopic (exact) mass is 557 g/mol. The fourth-order valence-electron chi connectivity index (χ4n) is 5.55. The van der Waals surface area contributed by atoms with Crippen molar-refractivity contribution in [1.82, 2.24) is 15.1 Å². The highest BCUT2D eigenvalue weighted by Crippen LogP contribution is 2.38. The summed E-state index contributed by atoms with van der Waals surface area (Å²) >= 11 is 13.0. The molecule has 0 aliphatic carbocycles. The highest BCUT2D eigenvalue weighted by molar-refractivity contribution is 6.36. The molecule has 1 spiro atoms. The Morgan fingerprint density at radius 1 is 1.08 bits per heavy atom. The van der Waals surface area contributed by atoms with Gasteiger partial charge >= 0.3 is 0 Å². The number of rotatable bonds is 7. The molecule has 0 saturated carbocycles. The number of likely N-dealkylation sites (tertiary alicyclic amines) is 1. The summed E-state index contributed by atoms with van der Waals surface area (Å²) in [7, 11) is 0. The van der Waals surface area contributed by atoms with Crippen molar-refractivity contribution in [1.29, 1.82) is 0 Å². The second-order valence-corrected chi connectivity index (χ2v) is 11.4. The molecule has 2 aromatic rings. The summed E-state index contributed by atoms with van der Waals surface area (Å²) in [5, 5.41) is 4.72. The van der Waals surface area contributed by atoms with E-state index in [1.54, 1.807) is 23.1 Å². The normalized spacial score (nSPS) is 22.6. The molecule has 3 aliphatic rings. The van der Waals surface area contributed by atoms with E-state index in [0.717, 1.165) is 17.5 Å². The number of ether oxygens (including phenoxy) is 2. The van der Waals surface area contributed by atoms with E-state index in [4.69, 9.17) is 32.7 Å². The zero-order valence-corrected chi connectivity index (χ0v) is 23.2. The average Bonchev–Trinajstić information content (AvgIpc) is 3.45. The predicted octanol–water partition coefficient (Wildman–Crippen LogP) is 5.12. The quantitative estimate of drug-likeness (QED) is 0.511. The Bertz CT molecular complexity index is 1190. The molecule has 0 bridgehead atoms. The van der Waals surface area contributed by atoms with Crippen molar-refractivity contribution in [2.75, 3.05) is 13.1 Å². The molecule has 2 unspecified atom stereocenters. The molecular formula is C29H33Cl2N3O4. The molecule has 2 aromatic carbocycles. The number of amides is 2. The lowest BCUT2D eigenvalue weighted by Crippen LogP contribution is -2.59. The minimum Gasteiger partial charge on any atom is -0.458 e. The lowest BCUT2D eigenvalue weighted by molar-refractivity contribution is -0.138. The minimum absolute atomic E-state index is 0.0495. The molecule has 38 heavy (non-hydrogen) atoms. The molecule has 202 valence electrons. The Balaban J connectivity index is 1.26. The van der Waals surface area contributed by atoms with Gasteiger partial charge < -0.3 is 19.3 Å². The van der Waals surface area contributed by atoms with Crippen molar-refractivity contribution in [3.8, 4) is 0 Å². The fraction of sp³-hybridized carbons (Fsp3) is 0.448. The molecule has 2 amide bonds. The van der Waals surface area contributed by atoms with Crippen molar-refractivity contribution in [2.24, 2.45) is 5.92 Å². The second-order valence-electron chi connectivity index (χ2n) is 10.6. The number of piperidine rings is 1. The molecular weight excluding hydrogens is 525 g/mol. The van der Waals surface area contributed by atoms with Gasteiger partial charge in [0.25, 0.3) is 5.91 Å². The van der Waals surface area contributed by atoms with Gasteiger partial charge in [0.15, 0.2) is 0 Å². The number of halogens is 2. The Morgan fingerprint density at radius 3 is 2.42 bits per heavy atom. The van der Waals surface area contributed by atoms with E-state index in [2.05, 4.69) is 19.2 Å². The summed E-state index contributed by atoms with van der Waals surface area (Å²) in [4.78, 5) is 30.5. The van der Waals surface area contributed by atoms with Gasteiger partial charge in [0.1, 0.15) is 6.26 Å². The van der Waals surface area contributed by atoms with Crippen LogP contribution < -0.4 is 5.32 Å². The maximum Gasteiger partial charge on any atom is 0.292 e. The molecule has 9 heteroatoms. The van der Waals surface area contributed by atoms with Crippen LogP contribution in [0.2, 0.25) is 10.0 Å². The van der Waals surface area contributed by atoms with E-state index in [1.165, 1.54) is 6.26 Å². The van der Waals surface area contributed by atoms with Gasteiger partial charge in [-0.25, -0.2) is 0 Å². The highest BCUT2D eigenvalue weighted by atomic mass is 35.5. The zero-order chi connectivity index (χ0) is 26.9. The summed E-state index contributed by atoms with van der Waals surface area (Å²) < 4.78 is 11.5. The Morgan fingerprint density at radius 2 is 1.76 bits per heavy atom. The standard InChI is InChI=1S/C29H33Cl2N3O4/c1-19(2)15-24-27(35)34(17-21-22(30)9-6-10-23(21)31)29(32-24)11-13-33(14-12-29)28(36)25-18-37-26(38-25)16-20-7-4-3-5-8-20/h3-10,18-19,24,26,32H,11-17H2,1-2H3. The van der Waals surface area contributed by atoms with Crippen molar-refractivity contribution >= 4 is 35.0 Å². The molecule has 0 aromatic heterocycles. The summed E-state index contributed by atoms with van der Waals surface area (Å²) in [6.07, 6.45) is 3.36. The number of carbonyl (C=O) groups is 2. The van der Waals surface area contributed by atoms with Gasteiger partial charge in [0.2, 0.25) is 18.0 Å². The molecule has 2 atom stereocenters. The molecule has 5 rings (SSSR count). The van der Waals surface area contributed by atoms with Crippen LogP contribution in [0.1, 0.15) is 44.2 Å². The minimum atomic E-state index is -0.576.